The molecule has 4 aliphatic carbocycles. The van der Waals surface area contributed by atoms with E-state index in [2.05, 4.69) is 51.1 Å². The lowest BCUT2D eigenvalue weighted by Gasteiger charge is -2.42. The van der Waals surface area contributed by atoms with Gasteiger partial charge in [0.05, 0.1) is 5.70 Å². The minimum absolute atomic E-state index is 0.0533. The molecule has 1 N–H and O–H groups in total. The van der Waals surface area contributed by atoms with Crippen LogP contribution >= 0.6 is 0 Å². The summed E-state index contributed by atoms with van der Waals surface area (Å²) in [6.45, 7) is 3.58. The zero-order valence-electron chi connectivity index (χ0n) is 19.2. The first kappa shape index (κ1) is 20.3. The summed E-state index contributed by atoms with van der Waals surface area (Å²) in [5.74, 6) is 1.28. The van der Waals surface area contributed by atoms with Gasteiger partial charge in [-0.15, -0.1) is 5.10 Å². The number of hydrogen-bond acceptors (Lipinski definition) is 6. The Morgan fingerprint density at radius 2 is 1.74 bits per heavy atom. The highest BCUT2D eigenvalue weighted by atomic mass is 16.2. The SMILES string of the molecule is CC1=NN(C2=CC=C3C=CC4=CC(n5nc(C)n[n+](C)c5=O)=CC5=CC=C2C3C54)C(=O)N(C)N1. The number of amidine groups is 1. The molecule has 2 unspecified atom stereocenters. The van der Waals surface area contributed by atoms with Crippen LogP contribution in [0.1, 0.15) is 12.7 Å². The summed E-state index contributed by atoms with van der Waals surface area (Å²) in [6.07, 6.45) is 16.4. The van der Waals surface area contributed by atoms with Gasteiger partial charge in [-0.25, -0.2) is 9.80 Å². The van der Waals surface area contributed by atoms with E-state index in [-0.39, 0.29) is 23.6 Å². The summed E-state index contributed by atoms with van der Waals surface area (Å²) in [6, 6.07) is -0.247. The van der Waals surface area contributed by atoms with E-state index in [1.165, 1.54) is 25.0 Å². The fourth-order valence-electron chi connectivity index (χ4n) is 5.15. The number of nitrogens with zero attached hydrogens (tertiary/aromatic N) is 7. The number of allylic oxidation sites excluding steroid dienone is 13. The Labute approximate surface area is 195 Å². The van der Waals surface area contributed by atoms with Crippen molar-refractivity contribution in [3.63, 3.8) is 0 Å². The van der Waals surface area contributed by atoms with Gasteiger partial charge in [0.1, 0.15) is 12.9 Å². The van der Waals surface area contributed by atoms with E-state index in [1.807, 2.05) is 25.2 Å². The number of amides is 2. The molecule has 170 valence electrons. The topological polar surface area (TPSA) is 99.6 Å². The third kappa shape index (κ3) is 2.88. The molecule has 2 atom stereocenters. The number of urea groups is 1. The Balaban J connectivity index is 1.49. The molecule has 0 saturated heterocycles. The van der Waals surface area contributed by atoms with Crippen molar-refractivity contribution >= 4 is 17.6 Å². The third-order valence-corrected chi connectivity index (χ3v) is 6.55. The van der Waals surface area contributed by atoms with Crippen molar-refractivity contribution in [3.8, 4) is 0 Å². The highest BCUT2D eigenvalue weighted by Crippen LogP contribution is 2.51. The Bertz CT molecular complexity index is 1480. The van der Waals surface area contributed by atoms with E-state index in [0.29, 0.717) is 17.4 Å². The van der Waals surface area contributed by atoms with Gasteiger partial charge >= 0.3 is 11.7 Å². The third-order valence-electron chi connectivity index (χ3n) is 6.55. The molecule has 0 saturated carbocycles. The molecule has 6 rings (SSSR count). The molecule has 10 heteroatoms. The number of nitrogens with one attached hydrogen (secondary N) is 1. The number of hydrazone groups is 1. The predicted octanol–water partition coefficient (Wildman–Crippen LogP) is 1.25. The maximum atomic E-state index is 12.9. The van der Waals surface area contributed by atoms with Crippen LogP contribution < -0.4 is 15.8 Å². The van der Waals surface area contributed by atoms with Crippen molar-refractivity contribution in [2.75, 3.05) is 7.05 Å². The number of rotatable bonds is 2. The van der Waals surface area contributed by atoms with Crippen molar-refractivity contribution < 1.29 is 9.48 Å². The van der Waals surface area contributed by atoms with E-state index < -0.39 is 0 Å². The molecule has 2 amide bonds. The van der Waals surface area contributed by atoms with Gasteiger partial charge in [-0.2, -0.15) is 9.80 Å². The fraction of sp³-hybridized carbons (Fsp3) is 0.250. The van der Waals surface area contributed by atoms with Crippen LogP contribution in [0.25, 0.3) is 5.70 Å². The lowest BCUT2D eigenvalue weighted by atomic mass is 9.63. The zero-order chi connectivity index (χ0) is 23.7. The standard InChI is InChI=1S/C24H23N8O2/c1-13-25-29(3)23(33)31(27-13)18-11-16-6-5-15-8-10-20(32-24(34)30(4)26-14(2)28-32)19-9-7-17(12-18)21(16)22(15)19/h5-12,21-22H,1-4H3,(H,26,28)/q+1. The summed E-state index contributed by atoms with van der Waals surface area (Å²) in [7, 11) is 3.30. The molecule has 34 heavy (non-hydrogen) atoms. The molecule has 0 aromatic carbocycles. The molecular weight excluding hydrogens is 432 g/mol. The number of aromatic nitrogens is 4. The maximum absolute atomic E-state index is 12.9. The second-order valence-corrected chi connectivity index (χ2v) is 8.83. The van der Waals surface area contributed by atoms with E-state index in [1.54, 1.807) is 21.0 Å². The number of aryl methyl sites for hydroxylation is 2. The predicted molar refractivity (Wildman–Crippen MR) is 124 cm³/mol. The monoisotopic (exact) mass is 455 g/mol. The van der Waals surface area contributed by atoms with Crippen molar-refractivity contribution in [1.82, 2.24) is 30.3 Å². The number of hydrogen-bond donors (Lipinski definition) is 1. The molecule has 2 heterocycles. The van der Waals surface area contributed by atoms with Gasteiger partial charge in [0.15, 0.2) is 5.70 Å². The average molecular weight is 456 g/mol. The van der Waals surface area contributed by atoms with Crippen molar-refractivity contribution in [2.24, 2.45) is 24.0 Å². The molecule has 0 fully saturated rings. The normalized spacial score (nSPS) is 24.7. The van der Waals surface area contributed by atoms with Crippen LogP contribution in [0.5, 0.6) is 0 Å². The van der Waals surface area contributed by atoms with Gasteiger partial charge < -0.3 is 0 Å². The first-order valence-electron chi connectivity index (χ1n) is 11.0. The van der Waals surface area contributed by atoms with Crippen LogP contribution in [-0.4, -0.2) is 43.8 Å². The smallest absolute Gasteiger partial charge is 0.280 e. The zero-order valence-corrected chi connectivity index (χ0v) is 19.2. The van der Waals surface area contributed by atoms with Crippen LogP contribution in [0.2, 0.25) is 0 Å². The highest BCUT2D eigenvalue weighted by Gasteiger charge is 2.43. The minimum Gasteiger partial charge on any atom is -0.280 e. The van der Waals surface area contributed by atoms with E-state index in [9.17, 15) is 9.59 Å². The number of hydrazine groups is 1. The lowest BCUT2D eigenvalue weighted by Crippen LogP contribution is -2.55. The largest absolute Gasteiger partial charge is 0.544 e. The Hall–Kier alpha value is -4.34. The van der Waals surface area contributed by atoms with Crippen molar-refractivity contribution in [2.45, 2.75) is 13.8 Å². The van der Waals surface area contributed by atoms with Crippen LogP contribution in [-0.2, 0) is 7.05 Å². The van der Waals surface area contributed by atoms with Crippen molar-refractivity contribution in [1.29, 1.82) is 0 Å². The Morgan fingerprint density at radius 3 is 2.56 bits per heavy atom. The summed E-state index contributed by atoms with van der Waals surface area (Å²) in [4.78, 5) is 25.6. The molecular formula is C24H23N8O2+. The summed E-state index contributed by atoms with van der Waals surface area (Å²) < 4.78 is 2.69. The second kappa shape index (κ2) is 7.08. The Morgan fingerprint density at radius 1 is 0.971 bits per heavy atom. The summed E-state index contributed by atoms with van der Waals surface area (Å²) in [5.41, 5.74) is 8.48. The highest BCUT2D eigenvalue weighted by molar-refractivity contribution is 5.89. The molecule has 10 nitrogen and oxygen atoms in total. The van der Waals surface area contributed by atoms with E-state index in [4.69, 9.17) is 0 Å². The van der Waals surface area contributed by atoms with Gasteiger partial charge in [-0.3, -0.25) is 5.43 Å². The van der Waals surface area contributed by atoms with Gasteiger partial charge in [-0.1, -0.05) is 49.9 Å². The van der Waals surface area contributed by atoms with Crippen LogP contribution in [0.3, 0.4) is 0 Å². The van der Waals surface area contributed by atoms with Crippen LogP contribution in [0.15, 0.2) is 86.5 Å². The number of carbonyl (C=O) groups is 1. The molecule has 0 bridgehead atoms. The molecule has 0 spiro atoms. The second-order valence-electron chi connectivity index (χ2n) is 8.83. The molecule has 1 aliphatic heterocycles. The van der Waals surface area contributed by atoms with Crippen LogP contribution in [0, 0.1) is 18.8 Å². The minimum atomic E-state index is -0.308. The van der Waals surface area contributed by atoms with Gasteiger partial charge in [0.2, 0.25) is 5.82 Å². The van der Waals surface area contributed by atoms with E-state index >= 15 is 0 Å². The lowest BCUT2D eigenvalue weighted by molar-refractivity contribution is -0.750. The van der Waals surface area contributed by atoms with Crippen molar-refractivity contribution in [3.05, 3.63) is 92.9 Å². The van der Waals surface area contributed by atoms with Crippen LogP contribution in [0.4, 0.5) is 4.79 Å². The van der Waals surface area contributed by atoms with Gasteiger partial charge in [-0.05, 0) is 47.4 Å². The summed E-state index contributed by atoms with van der Waals surface area (Å²) >= 11 is 0. The van der Waals surface area contributed by atoms with Gasteiger partial charge in [0.25, 0.3) is 0 Å². The maximum Gasteiger partial charge on any atom is 0.544 e. The first-order chi connectivity index (χ1) is 16.3. The Kier molecular flexibility index (Phi) is 4.22. The molecule has 5 aliphatic rings. The van der Waals surface area contributed by atoms with E-state index in [0.717, 1.165) is 22.4 Å². The average Bonchev–Trinajstić information content (AvgIpc) is 2.81. The first-order valence-corrected chi connectivity index (χ1v) is 11.0. The molecule has 0 radical (unpaired) electrons. The quantitative estimate of drug-likeness (QED) is 0.677. The molecule has 1 aromatic rings. The molecule has 1 aromatic heterocycles. The summed E-state index contributed by atoms with van der Waals surface area (Å²) in [5, 5.41) is 15.8. The number of carbonyl (C=O) groups excluding carboxylic acids is 1. The van der Waals surface area contributed by atoms with Gasteiger partial charge in [0, 0.05) is 25.8 Å². The fourth-order valence-corrected chi connectivity index (χ4v) is 5.15.